The Morgan fingerprint density at radius 1 is 0.913 bits per heavy atom. The fraction of sp³-hybridized carbons (Fsp3) is 0.405. The van der Waals surface area contributed by atoms with Crippen molar-refractivity contribution in [2.75, 3.05) is 26.7 Å². The second-order valence-corrected chi connectivity index (χ2v) is 13.3. The molecule has 0 amide bonds. The number of nitrogens with one attached hydrogen (secondary N) is 2. The number of oxazole rings is 1. The fourth-order valence-corrected chi connectivity index (χ4v) is 6.86. The van der Waals surface area contributed by atoms with Crippen LogP contribution in [-0.4, -0.2) is 51.8 Å². The number of H-pyrrole nitrogens is 1. The second kappa shape index (κ2) is 17.2. The number of hydrogen-bond acceptors (Lipinski definition) is 8. The Balaban J connectivity index is 0.000000624. The molecule has 0 radical (unpaired) electrons. The third-order valence-corrected chi connectivity index (χ3v) is 9.52. The molecule has 8 nitrogen and oxygen atoms in total. The molecule has 5 aromatic rings. The topological polar surface area (TPSA) is 115 Å². The zero-order valence-corrected chi connectivity index (χ0v) is 27.5. The lowest BCUT2D eigenvalue weighted by Gasteiger charge is -2.14. The maximum Gasteiger partial charge on any atom is 0.248 e. The van der Waals surface area contributed by atoms with E-state index in [2.05, 4.69) is 39.4 Å². The summed E-state index contributed by atoms with van der Waals surface area (Å²) in [5, 5.41) is 24.9. The molecule has 0 bridgehead atoms. The highest BCUT2D eigenvalue weighted by atomic mass is 32.1. The predicted octanol–water partition coefficient (Wildman–Crippen LogP) is 6.75. The number of hydrogen-bond donors (Lipinski definition) is 4. The van der Waals surface area contributed by atoms with E-state index in [0.29, 0.717) is 11.4 Å². The molecule has 3 aromatic heterocycles. The van der Waals surface area contributed by atoms with Gasteiger partial charge in [0.1, 0.15) is 11.5 Å². The number of benzene rings is 2. The largest absolute Gasteiger partial charge is 0.506 e. The summed E-state index contributed by atoms with van der Waals surface area (Å²) in [6.07, 6.45) is 12.3. The number of pyridine rings is 1. The van der Waals surface area contributed by atoms with Gasteiger partial charge >= 0.3 is 0 Å². The van der Waals surface area contributed by atoms with Crippen LogP contribution in [0.3, 0.4) is 0 Å². The van der Waals surface area contributed by atoms with Gasteiger partial charge in [0.25, 0.3) is 0 Å². The number of phenolic OH excluding ortho intramolecular Hbond substituents is 1. The molecule has 244 valence electrons. The van der Waals surface area contributed by atoms with Gasteiger partial charge in [-0.15, -0.1) is 11.3 Å². The van der Waals surface area contributed by atoms with Crippen LogP contribution in [0, 0.1) is 0 Å². The molecule has 1 aliphatic rings. The quantitative estimate of drug-likeness (QED) is 0.105. The zero-order valence-electron chi connectivity index (χ0n) is 26.7. The van der Waals surface area contributed by atoms with Crippen LogP contribution >= 0.6 is 11.3 Å². The van der Waals surface area contributed by atoms with Gasteiger partial charge in [0.2, 0.25) is 11.4 Å². The summed E-state index contributed by atoms with van der Waals surface area (Å²) in [6, 6.07) is 20.6. The number of nitrogens with zero attached hydrogens (tertiary/aromatic N) is 2. The summed E-state index contributed by atoms with van der Waals surface area (Å²) in [5.41, 5.74) is 2.13. The van der Waals surface area contributed by atoms with Crippen molar-refractivity contribution in [2.24, 2.45) is 0 Å². The van der Waals surface area contributed by atoms with Gasteiger partial charge in [-0.2, -0.15) is 0 Å². The van der Waals surface area contributed by atoms with Gasteiger partial charge < -0.3 is 29.8 Å². The molecule has 1 saturated carbocycles. The highest BCUT2D eigenvalue weighted by Crippen LogP contribution is 2.25. The van der Waals surface area contributed by atoms with E-state index < -0.39 is 6.10 Å². The summed E-state index contributed by atoms with van der Waals surface area (Å²) in [5.74, 6) is 1.19. The molecule has 4 N–H and O–H groups in total. The first-order valence-electron chi connectivity index (χ1n) is 16.4. The van der Waals surface area contributed by atoms with Gasteiger partial charge in [-0.3, -0.25) is 4.79 Å². The van der Waals surface area contributed by atoms with E-state index in [4.69, 9.17) is 4.42 Å². The summed E-state index contributed by atoms with van der Waals surface area (Å²) >= 11 is 1.84. The minimum atomic E-state index is -0.855. The standard InChI is InChI=1S/C31H34N4O4S.C6H12/c1-35(18-15-23-19-33-31(39-23)30(38)22-5-3-2-4-6-22)20-25-9-8-24(40-25)14-17-32-16-13-21-7-11-27(36)29-26(21)10-12-28(37)34-29;1-2-4-6-5-3-1/h2-12,19,30,32,36,38H,13-18,20H2,1H3,(H,34,37);1-6H2. The first kappa shape index (κ1) is 33.6. The fourth-order valence-electron chi connectivity index (χ4n) is 5.77. The van der Waals surface area contributed by atoms with Gasteiger partial charge in [0.05, 0.1) is 11.7 Å². The van der Waals surface area contributed by atoms with Gasteiger partial charge in [-0.05, 0) is 68.4 Å². The molecule has 1 fully saturated rings. The summed E-state index contributed by atoms with van der Waals surface area (Å²) in [6.45, 7) is 3.38. The maximum absolute atomic E-state index is 11.6. The van der Waals surface area contributed by atoms with Crippen molar-refractivity contribution in [1.82, 2.24) is 20.2 Å². The third-order valence-electron chi connectivity index (χ3n) is 8.39. The van der Waals surface area contributed by atoms with Crippen molar-refractivity contribution in [3.05, 3.63) is 116 Å². The van der Waals surface area contributed by atoms with Crippen LogP contribution in [0.25, 0.3) is 10.9 Å². The van der Waals surface area contributed by atoms with E-state index in [1.807, 2.05) is 47.7 Å². The molecule has 9 heteroatoms. The average Bonchev–Trinajstić information content (AvgIpc) is 3.75. The van der Waals surface area contributed by atoms with Gasteiger partial charge in [-0.25, -0.2) is 4.98 Å². The van der Waals surface area contributed by atoms with Crippen molar-refractivity contribution in [2.45, 2.75) is 70.4 Å². The van der Waals surface area contributed by atoms with Crippen molar-refractivity contribution in [1.29, 1.82) is 0 Å². The number of aromatic amines is 1. The van der Waals surface area contributed by atoms with Crippen LogP contribution in [-0.2, 0) is 25.8 Å². The molecule has 46 heavy (non-hydrogen) atoms. The van der Waals surface area contributed by atoms with Gasteiger partial charge in [0.15, 0.2) is 6.10 Å². The van der Waals surface area contributed by atoms with Crippen LogP contribution in [0.5, 0.6) is 5.75 Å². The predicted molar refractivity (Wildman–Crippen MR) is 186 cm³/mol. The van der Waals surface area contributed by atoms with Crippen LogP contribution in [0.1, 0.15) is 77.2 Å². The molecule has 0 saturated heterocycles. The smallest absolute Gasteiger partial charge is 0.248 e. The van der Waals surface area contributed by atoms with E-state index in [9.17, 15) is 15.0 Å². The Bertz CT molecular complexity index is 1680. The number of aromatic hydroxyl groups is 1. The van der Waals surface area contributed by atoms with E-state index in [1.54, 1.807) is 18.3 Å². The monoisotopic (exact) mass is 642 g/mol. The van der Waals surface area contributed by atoms with Crippen LogP contribution in [0.2, 0.25) is 0 Å². The molecule has 6 rings (SSSR count). The highest BCUT2D eigenvalue weighted by molar-refractivity contribution is 7.11. The summed E-state index contributed by atoms with van der Waals surface area (Å²) < 4.78 is 5.81. The lowest BCUT2D eigenvalue weighted by atomic mass is 10.0. The number of thiophene rings is 1. The lowest BCUT2D eigenvalue weighted by molar-refractivity contribution is 0.179. The molecule has 1 aliphatic carbocycles. The molecule has 3 heterocycles. The van der Waals surface area contributed by atoms with Gasteiger partial charge in [-0.1, -0.05) is 74.9 Å². The van der Waals surface area contributed by atoms with Crippen LogP contribution in [0.4, 0.5) is 0 Å². The Morgan fingerprint density at radius 2 is 1.63 bits per heavy atom. The Labute approximate surface area is 275 Å². The summed E-state index contributed by atoms with van der Waals surface area (Å²) in [7, 11) is 2.10. The van der Waals surface area contributed by atoms with Crippen molar-refractivity contribution >= 4 is 22.2 Å². The number of aromatic nitrogens is 2. The SMILES string of the molecule is C1CCCCC1.CN(CCc1cnc(C(O)c2ccccc2)o1)Cc1ccc(CCNCCc2ccc(O)c3[nH]c(=O)ccc23)s1. The van der Waals surface area contributed by atoms with Crippen LogP contribution < -0.4 is 10.9 Å². The van der Waals surface area contributed by atoms with E-state index in [1.165, 1.54) is 54.3 Å². The Kier molecular flexibility index (Phi) is 12.6. The number of aliphatic hydroxyl groups is 1. The molecular formula is C37H46N4O4S. The number of aliphatic hydroxyl groups excluding tert-OH is 1. The highest BCUT2D eigenvalue weighted by Gasteiger charge is 2.16. The number of rotatable bonds is 13. The third kappa shape index (κ3) is 9.87. The van der Waals surface area contributed by atoms with Gasteiger partial charge in [0, 0.05) is 40.7 Å². The normalized spacial score (nSPS) is 13.9. The second-order valence-electron chi connectivity index (χ2n) is 12.1. The maximum atomic E-state index is 11.6. The first-order valence-corrected chi connectivity index (χ1v) is 17.3. The Hall–Kier alpha value is -3.76. The minimum Gasteiger partial charge on any atom is -0.506 e. The molecular weight excluding hydrogens is 596 g/mol. The number of likely N-dealkylation sites (N-methyl/N-ethyl adjacent to an activating group) is 1. The Morgan fingerprint density at radius 3 is 2.39 bits per heavy atom. The summed E-state index contributed by atoms with van der Waals surface area (Å²) in [4.78, 5) is 23.5. The number of fused-ring (bicyclic) bond motifs is 1. The van der Waals surface area contributed by atoms with E-state index >= 15 is 0 Å². The molecule has 2 aromatic carbocycles. The molecule has 1 unspecified atom stereocenters. The van der Waals surface area contributed by atoms with Crippen molar-refractivity contribution in [3.8, 4) is 5.75 Å². The van der Waals surface area contributed by atoms with E-state index in [-0.39, 0.29) is 11.3 Å². The van der Waals surface area contributed by atoms with E-state index in [0.717, 1.165) is 67.7 Å². The van der Waals surface area contributed by atoms with Crippen LogP contribution in [0.15, 0.2) is 82.1 Å². The number of phenols is 1. The molecule has 0 aliphatic heterocycles. The van der Waals surface area contributed by atoms with Crippen molar-refractivity contribution < 1.29 is 14.6 Å². The van der Waals surface area contributed by atoms with Crippen molar-refractivity contribution in [3.63, 3.8) is 0 Å². The minimum absolute atomic E-state index is 0.0920. The first-order chi connectivity index (χ1) is 22.5. The molecule has 0 spiro atoms. The average molecular weight is 643 g/mol. The lowest BCUT2D eigenvalue weighted by Crippen LogP contribution is -2.20. The molecule has 1 atom stereocenters. The zero-order chi connectivity index (χ0) is 32.1.